The molecule has 1 aromatic rings. The molecule has 0 saturated carbocycles. The Morgan fingerprint density at radius 1 is 1.47 bits per heavy atom. The van der Waals surface area contributed by atoms with Crippen molar-refractivity contribution in [1.29, 1.82) is 0 Å². The van der Waals surface area contributed by atoms with Crippen LogP contribution in [0, 0.1) is 5.82 Å². The molecule has 0 fully saturated rings. The van der Waals surface area contributed by atoms with E-state index in [4.69, 9.17) is 5.11 Å². The van der Waals surface area contributed by atoms with Gasteiger partial charge in [0.2, 0.25) is 10.0 Å². The highest BCUT2D eigenvalue weighted by Gasteiger charge is 2.24. The summed E-state index contributed by atoms with van der Waals surface area (Å²) < 4.78 is 43.9. The zero-order valence-corrected chi connectivity index (χ0v) is 11.4. The maximum absolute atomic E-state index is 13.4. The number of sulfonamides is 1. The Kier molecular flexibility index (Phi) is 4.86. The first-order valence-electron chi connectivity index (χ1n) is 5.38. The number of methoxy groups -OCH3 is 1. The molecule has 3 N–H and O–H groups in total. The number of nitrogens with one attached hydrogen (secondary N) is 1. The van der Waals surface area contributed by atoms with Crippen LogP contribution in [0.15, 0.2) is 23.1 Å². The second-order valence-corrected chi connectivity index (χ2v) is 6.04. The standard InChI is InChI=1S/C11H16FNO5S/c1-11(15,7-14)6-13-19(16,17)8-3-4-10(18-2)9(12)5-8/h3-5,13-15H,6-7H2,1-2H3. The van der Waals surface area contributed by atoms with Crippen molar-refractivity contribution < 1.29 is 27.8 Å². The molecular weight excluding hydrogens is 277 g/mol. The largest absolute Gasteiger partial charge is 0.494 e. The molecule has 1 atom stereocenters. The van der Waals surface area contributed by atoms with Crippen LogP contribution >= 0.6 is 0 Å². The summed E-state index contributed by atoms with van der Waals surface area (Å²) in [6.45, 7) is 0.274. The van der Waals surface area contributed by atoms with Gasteiger partial charge in [0.1, 0.15) is 0 Å². The summed E-state index contributed by atoms with van der Waals surface area (Å²) in [5.74, 6) is -0.874. The first-order valence-corrected chi connectivity index (χ1v) is 6.86. The van der Waals surface area contributed by atoms with Crippen LogP contribution in [0.2, 0.25) is 0 Å². The first-order chi connectivity index (χ1) is 8.72. The minimum Gasteiger partial charge on any atom is -0.494 e. The van der Waals surface area contributed by atoms with Gasteiger partial charge in [0.15, 0.2) is 11.6 Å². The molecule has 1 rings (SSSR count). The van der Waals surface area contributed by atoms with Gasteiger partial charge in [0.25, 0.3) is 0 Å². The van der Waals surface area contributed by atoms with Gasteiger partial charge in [0.05, 0.1) is 24.2 Å². The molecule has 0 aliphatic heterocycles. The Morgan fingerprint density at radius 3 is 2.58 bits per heavy atom. The minimum absolute atomic E-state index is 0.0682. The minimum atomic E-state index is -3.97. The number of ether oxygens (including phenoxy) is 1. The molecule has 8 heteroatoms. The third-order valence-electron chi connectivity index (χ3n) is 2.42. The van der Waals surface area contributed by atoms with Crippen molar-refractivity contribution >= 4 is 10.0 Å². The van der Waals surface area contributed by atoms with Crippen molar-refractivity contribution in [3.63, 3.8) is 0 Å². The Labute approximate surface area is 110 Å². The van der Waals surface area contributed by atoms with E-state index in [0.717, 1.165) is 6.07 Å². The van der Waals surface area contributed by atoms with Crippen LogP contribution in [0.3, 0.4) is 0 Å². The third kappa shape index (κ3) is 4.13. The summed E-state index contributed by atoms with van der Waals surface area (Å²) in [5.41, 5.74) is -1.59. The molecule has 1 aromatic carbocycles. The van der Waals surface area contributed by atoms with E-state index in [1.165, 1.54) is 26.2 Å². The lowest BCUT2D eigenvalue weighted by atomic mass is 10.1. The lowest BCUT2D eigenvalue weighted by Gasteiger charge is -2.20. The van der Waals surface area contributed by atoms with Gasteiger partial charge in [-0.1, -0.05) is 0 Å². The first kappa shape index (κ1) is 15.8. The number of aliphatic hydroxyl groups is 2. The van der Waals surface area contributed by atoms with E-state index in [0.29, 0.717) is 0 Å². The molecule has 19 heavy (non-hydrogen) atoms. The molecule has 108 valence electrons. The molecule has 0 aliphatic rings. The highest BCUT2D eigenvalue weighted by molar-refractivity contribution is 7.89. The Bertz CT molecular complexity index is 544. The smallest absolute Gasteiger partial charge is 0.240 e. The van der Waals surface area contributed by atoms with Crippen molar-refractivity contribution in [2.45, 2.75) is 17.4 Å². The Hall–Kier alpha value is -1.22. The summed E-state index contributed by atoms with van der Waals surface area (Å²) in [6, 6.07) is 3.18. The second-order valence-electron chi connectivity index (χ2n) is 4.28. The number of hydrogen-bond donors (Lipinski definition) is 3. The van der Waals surface area contributed by atoms with Crippen LogP contribution in [0.25, 0.3) is 0 Å². The maximum atomic E-state index is 13.4. The van der Waals surface area contributed by atoms with Crippen molar-refractivity contribution in [2.75, 3.05) is 20.3 Å². The van der Waals surface area contributed by atoms with E-state index in [-0.39, 0.29) is 17.2 Å². The van der Waals surface area contributed by atoms with E-state index < -0.39 is 28.0 Å². The molecule has 0 aromatic heterocycles. The zero-order valence-electron chi connectivity index (χ0n) is 10.6. The van der Waals surface area contributed by atoms with E-state index in [1.54, 1.807) is 0 Å². The summed E-state index contributed by atoms with van der Waals surface area (Å²) in [4.78, 5) is -0.292. The lowest BCUT2D eigenvalue weighted by Crippen LogP contribution is -2.43. The lowest BCUT2D eigenvalue weighted by molar-refractivity contribution is 0.00681. The molecule has 6 nitrogen and oxygen atoms in total. The van der Waals surface area contributed by atoms with Crippen molar-refractivity contribution in [3.8, 4) is 5.75 Å². The quantitative estimate of drug-likeness (QED) is 0.678. The summed E-state index contributed by atoms with van der Waals surface area (Å²) >= 11 is 0. The molecule has 0 amide bonds. The molecule has 0 bridgehead atoms. The van der Waals surface area contributed by atoms with Gasteiger partial charge in [-0.3, -0.25) is 0 Å². The molecule has 0 radical (unpaired) electrons. The normalized spacial score (nSPS) is 15.0. The predicted octanol–water partition coefficient (Wildman–Crippen LogP) is -0.144. The summed E-state index contributed by atoms with van der Waals surface area (Å²) in [5, 5.41) is 18.3. The van der Waals surface area contributed by atoms with Crippen LogP contribution in [-0.4, -0.2) is 44.5 Å². The second kappa shape index (κ2) is 5.83. The van der Waals surface area contributed by atoms with Crippen LogP contribution in [0.1, 0.15) is 6.92 Å². The number of benzene rings is 1. The van der Waals surface area contributed by atoms with Gasteiger partial charge in [-0.25, -0.2) is 17.5 Å². The monoisotopic (exact) mass is 293 g/mol. The number of aliphatic hydroxyl groups excluding tert-OH is 1. The highest BCUT2D eigenvalue weighted by Crippen LogP contribution is 2.20. The molecule has 0 heterocycles. The van der Waals surface area contributed by atoms with Crippen LogP contribution < -0.4 is 9.46 Å². The van der Waals surface area contributed by atoms with Crippen molar-refractivity contribution in [3.05, 3.63) is 24.0 Å². The van der Waals surface area contributed by atoms with Gasteiger partial charge < -0.3 is 14.9 Å². The van der Waals surface area contributed by atoms with E-state index in [1.807, 2.05) is 0 Å². The van der Waals surface area contributed by atoms with Crippen LogP contribution in [-0.2, 0) is 10.0 Å². The fourth-order valence-electron chi connectivity index (χ4n) is 1.20. The summed E-state index contributed by atoms with van der Waals surface area (Å²) in [7, 11) is -2.70. The average Bonchev–Trinajstić information content (AvgIpc) is 2.36. The number of rotatable bonds is 6. The zero-order chi connectivity index (χ0) is 14.7. The number of halogens is 1. The molecule has 1 unspecified atom stereocenters. The molecular formula is C11H16FNO5S. The van der Waals surface area contributed by atoms with Gasteiger partial charge in [-0.2, -0.15) is 0 Å². The molecule has 0 spiro atoms. The maximum Gasteiger partial charge on any atom is 0.240 e. The van der Waals surface area contributed by atoms with Crippen LogP contribution in [0.5, 0.6) is 5.75 Å². The van der Waals surface area contributed by atoms with E-state index in [9.17, 15) is 17.9 Å². The van der Waals surface area contributed by atoms with Gasteiger partial charge in [-0.05, 0) is 25.1 Å². The van der Waals surface area contributed by atoms with Crippen LogP contribution in [0.4, 0.5) is 4.39 Å². The molecule has 0 aliphatic carbocycles. The number of hydrogen-bond acceptors (Lipinski definition) is 5. The topological polar surface area (TPSA) is 95.9 Å². The van der Waals surface area contributed by atoms with Gasteiger partial charge >= 0.3 is 0 Å². The Balaban J connectivity index is 2.92. The summed E-state index contributed by atoms with van der Waals surface area (Å²) in [6.07, 6.45) is 0. The SMILES string of the molecule is COc1ccc(S(=O)(=O)NCC(C)(O)CO)cc1F. The van der Waals surface area contributed by atoms with Crippen molar-refractivity contribution in [1.82, 2.24) is 4.72 Å². The average molecular weight is 293 g/mol. The van der Waals surface area contributed by atoms with Crippen molar-refractivity contribution in [2.24, 2.45) is 0 Å². The van der Waals surface area contributed by atoms with E-state index in [2.05, 4.69) is 9.46 Å². The fourth-order valence-corrected chi connectivity index (χ4v) is 2.38. The fraction of sp³-hybridized carbons (Fsp3) is 0.455. The third-order valence-corrected chi connectivity index (χ3v) is 3.82. The van der Waals surface area contributed by atoms with E-state index >= 15 is 0 Å². The van der Waals surface area contributed by atoms with Gasteiger partial charge in [-0.15, -0.1) is 0 Å². The highest BCUT2D eigenvalue weighted by atomic mass is 32.2. The molecule has 0 saturated heterocycles. The predicted molar refractivity (Wildman–Crippen MR) is 65.9 cm³/mol. The van der Waals surface area contributed by atoms with Gasteiger partial charge in [0, 0.05) is 6.54 Å². The Morgan fingerprint density at radius 2 is 2.11 bits per heavy atom.